The third-order valence-corrected chi connectivity index (χ3v) is 5.25. The van der Waals surface area contributed by atoms with E-state index in [1.54, 1.807) is 36.9 Å². The van der Waals surface area contributed by atoms with Gasteiger partial charge in [0.2, 0.25) is 0 Å². The van der Waals surface area contributed by atoms with Gasteiger partial charge in [-0.25, -0.2) is 4.98 Å². The Morgan fingerprint density at radius 1 is 0.679 bits per heavy atom. The van der Waals surface area contributed by atoms with Crippen molar-refractivity contribution in [2.45, 2.75) is 0 Å². The summed E-state index contributed by atoms with van der Waals surface area (Å²) in [7, 11) is -4.27. The van der Waals surface area contributed by atoms with E-state index >= 15 is 0 Å². The molecule has 138 valence electrons. The Hall–Kier alpha value is -3.18. The highest BCUT2D eigenvalue weighted by Crippen LogP contribution is 2.34. The molecule has 0 amide bonds. The van der Waals surface area contributed by atoms with Crippen LogP contribution in [0.25, 0.3) is 33.6 Å². The lowest BCUT2D eigenvalue weighted by atomic mass is 10.0. The van der Waals surface area contributed by atoms with E-state index < -0.39 is 7.60 Å². The molecule has 0 saturated carbocycles. The second kappa shape index (κ2) is 7.44. The van der Waals surface area contributed by atoms with Crippen molar-refractivity contribution in [3.8, 4) is 33.6 Å². The fourth-order valence-electron chi connectivity index (χ4n) is 2.87. The second-order valence-corrected chi connectivity index (χ2v) is 7.81. The maximum Gasteiger partial charge on any atom is 0.356 e. The number of hydrogen-bond donors (Lipinski definition) is 2. The van der Waals surface area contributed by atoms with Crippen LogP contribution in [-0.4, -0.2) is 24.7 Å². The van der Waals surface area contributed by atoms with Crippen LogP contribution >= 0.6 is 7.60 Å². The summed E-state index contributed by atoms with van der Waals surface area (Å²) in [5.41, 5.74) is 4.97. The number of pyridine rings is 3. The Kier molecular flexibility index (Phi) is 4.84. The molecule has 0 bridgehead atoms. The molecule has 0 fully saturated rings. The summed E-state index contributed by atoms with van der Waals surface area (Å²) >= 11 is 0. The van der Waals surface area contributed by atoms with E-state index in [1.807, 2.05) is 36.4 Å². The van der Waals surface area contributed by atoms with Crippen LogP contribution in [0.2, 0.25) is 0 Å². The summed E-state index contributed by atoms with van der Waals surface area (Å²) in [4.78, 5) is 31.7. The molecule has 0 unspecified atom stereocenters. The summed E-state index contributed by atoms with van der Waals surface area (Å²) in [6, 6.07) is 17.7. The zero-order valence-corrected chi connectivity index (χ0v) is 15.6. The van der Waals surface area contributed by atoms with Gasteiger partial charge in [0.25, 0.3) is 0 Å². The zero-order valence-electron chi connectivity index (χ0n) is 14.7. The molecule has 28 heavy (non-hydrogen) atoms. The first kappa shape index (κ1) is 18.2. The lowest BCUT2D eigenvalue weighted by Gasteiger charge is -2.11. The molecule has 3 heterocycles. The van der Waals surface area contributed by atoms with Crippen LogP contribution in [-0.2, 0) is 4.57 Å². The summed E-state index contributed by atoms with van der Waals surface area (Å²) < 4.78 is 11.4. The van der Waals surface area contributed by atoms with Gasteiger partial charge in [-0.15, -0.1) is 0 Å². The van der Waals surface area contributed by atoms with Crippen molar-refractivity contribution in [2.75, 3.05) is 0 Å². The van der Waals surface area contributed by atoms with Gasteiger partial charge < -0.3 is 9.79 Å². The Balaban J connectivity index is 1.86. The van der Waals surface area contributed by atoms with Gasteiger partial charge in [-0.3, -0.25) is 14.5 Å². The summed E-state index contributed by atoms with van der Waals surface area (Å²) in [6.07, 6.45) is 6.90. The van der Waals surface area contributed by atoms with Gasteiger partial charge in [0.1, 0.15) is 0 Å². The molecular formula is C21H16N3O3P. The van der Waals surface area contributed by atoms with E-state index in [4.69, 9.17) is 4.98 Å². The first-order chi connectivity index (χ1) is 13.5. The average Bonchev–Trinajstić information content (AvgIpc) is 2.74. The van der Waals surface area contributed by atoms with Crippen molar-refractivity contribution in [2.24, 2.45) is 0 Å². The fourth-order valence-corrected chi connectivity index (χ4v) is 3.41. The van der Waals surface area contributed by atoms with Crippen molar-refractivity contribution in [3.63, 3.8) is 0 Å². The molecule has 0 aliphatic carbocycles. The quantitative estimate of drug-likeness (QED) is 0.517. The zero-order chi connectivity index (χ0) is 19.6. The number of hydrogen-bond acceptors (Lipinski definition) is 4. The third kappa shape index (κ3) is 3.89. The molecule has 4 aromatic rings. The maximum absolute atomic E-state index is 11.4. The SMILES string of the molecule is O=P(O)(O)c1ccc(-c2cc(-c3cccnc3)nc(-c3cccnc3)c2)cc1. The van der Waals surface area contributed by atoms with Gasteiger partial charge in [0, 0.05) is 35.9 Å². The van der Waals surface area contributed by atoms with Crippen LogP contribution in [0.1, 0.15) is 0 Å². The average molecular weight is 389 g/mol. The lowest BCUT2D eigenvalue weighted by molar-refractivity contribution is 0.387. The molecule has 2 N–H and O–H groups in total. The van der Waals surface area contributed by atoms with Crippen molar-refractivity contribution in [1.29, 1.82) is 0 Å². The van der Waals surface area contributed by atoms with Gasteiger partial charge in [0.15, 0.2) is 0 Å². The Morgan fingerprint density at radius 3 is 1.64 bits per heavy atom. The maximum atomic E-state index is 11.4. The van der Waals surface area contributed by atoms with Gasteiger partial charge in [-0.1, -0.05) is 12.1 Å². The van der Waals surface area contributed by atoms with E-state index in [-0.39, 0.29) is 5.30 Å². The number of nitrogens with zero attached hydrogens (tertiary/aromatic N) is 3. The highest BCUT2D eigenvalue weighted by atomic mass is 31.2. The van der Waals surface area contributed by atoms with Crippen LogP contribution in [0.5, 0.6) is 0 Å². The van der Waals surface area contributed by atoms with E-state index in [1.165, 1.54) is 12.1 Å². The Labute approximate surface area is 161 Å². The molecule has 1 aromatic carbocycles. The standard InChI is InChI=1S/C21H16N3O3P/c25-28(26,27)19-7-5-15(6-8-19)18-11-20(16-3-1-9-22-13-16)24-21(12-18)17-4-2-10-23-14-17/h1-14H,(H2,25,26,27). The largest absolute Gasteiger partial charge is 0.356 e. The molecule has 0 spiro atoms. The normalized spacial score (nSPS) is 11.4. The first-order valence-corrected chi connectivity index (χ1v) is 10.1. The van der Waals surface area contributed by atoms with E-state index in [9.17, 15) is 14.4 Å². The summed E-state index contributed by atoms with van der Waals surface area (Å²) in [5, 5.41) is -0.00901. The molecule has 7 heteroatoms. The van der Waals surface area contributed by atoms with Crippen LogP contribution in [0.3, 0.4) is 0 Å². The third-order valence-electron chi connectivity index (χ3n) is 4.28. The monoisotopic (exact) mass is 389 g/mol. The van der Waals surface area contributed by atoms with Gasteiger partial charge in [0.05, 0.1) is 16.7 Å². The van der Waals surface area contributed by atoms with Gasteiger partial charge in [-0.05, 0) is 59.7 Å². The predicted molar refractivity (Wildman–Crippen MR) is 108 cm³/mol. The topological polar surface area (TPSA) is 96.2 Å². The van der Waals surface area contributed by atoms with Crippen LogP contribution in [0.4, 0.5) is 0 Å². The van der Waals surface area contributed by atoms with Crippen LogP contribution in [0.15, 0.2) is 85.5 Å². The first-order valence-electron chi connectivity index (χ1n) is 8.50. The van der Waals surface area contributed by atoms with E-state index in [2.05, 4.69) is 9.97 Å². The summed E-state index contributed by atoms with van der Waals surface area (Å²) in [5.74, 6) is 0. The van der Waals surface area contributed by atoms with Gasteiger partial charge in [-0.2, -0.15) is 0 Å². The minimum atomic E-state index is -4.27. The van der Waals surface area contributed by atoms with Crippen molar-refractivity contribution in [1.82, 2.24) is 15.0 Å². The van der Waals surface area contributed by atoms with Crippen LogP contribution < -0.4 is 5.30 Å². The van der Waals surface area contributed by atoms with E-state index in [0.717, 1.165) is 33.6 Å². The predicted octanol–water partition coefficient (Wildman–Crippen LogP) is 3.68. The number of rotatable bonds is 4. The molecule has 0 saturated heterocycles. The molecule has 6 nitrogen and oxygen atoms in total. The molecule has 4 rings (SSSR count). The van der Waals surface area contributed by atoms with Crippen LogP contribution in [0, 0.1) is 0 Å². The second-order valence-electron chi connectivity index (χ2n) is 6.20. The summed E-state index contributed by atoms with van der Waals surface area (Å²) in [6.45, 7) is 0. The minimum absolute atomic E-state index is 0.00901. The highest BCUT2D eigenvalue weighted by molar-refractivity contribution is 7.60. The molecule has 3 aromatic heterocycles. The molecule has 0 aliphatic rings. The molecule has 0 radical (unpaired) electrons. The van der Waals surface area contributed by atoms with Crippen molar-refractivity contribution in [3.05, 3.63) is 85.5 Å². The minimum Gasteiger partial charge on any atom is -0.321 e. The Bertz CT molecular complexity index is 1090. The lowest BCUT2D eigenvalue weighted by Crippen LogP contribution is -2.02. The smallest absolute Gasteiger partial charge is 0.321 e. The van der Waals surface area contributed by atoms with Gasteiger partial charge >= 0.3 is 7.60 Å². The molecule has 0 aliphatic heterocycles. The number of aromatic nitrogens is 3. The Morgan fingerprint density at radius 2 is 1.21 bits per heavy atom. The fraction of sp³-hybridized carbons (Fsp3) is 0. The van der Waals surface area contributed by atoms with Crippen molar-refractivity contribution < 1.29 is 14.4 Å². The molecular weight excluding hydrogens is 373 g/mol. The highest BCUT2D eigenvalue weighted by Gasteiger charge is 2.17. The van der Waals surface area contributed by atoms with Crippen molar-refractivity contribution >= 4 is 12.9 Å². The van der Waals surface area contributed by atoms with E-state index in [0.29, 0.717) is 0 Å². The number of benzene rings is 1. The molecule has 0 atom stereocenters.